The highest BCUT2D eigenvalue weighted by molar-refractivity contribution is 5.93. The van der Waals surface area contributed by atoms with Crippen molar-refractivity contribution in [3.63, 3.8) is 0 Å². The van der Waals surface area contributed by atoms with Gasteiger partial charge in [-0.25, -0.2) is 4.98 Å². The second-order valence-electron chi connectivity index (χ2n) is 6.36. The first kappa shape index (κ1) is 19.6. The van der Waals surface area contributed by atoms with Crippen molar-refractivity contribution in [3.05, 3.63) is 46.0 Å². The minimum absolute atomic E-state index is 0.0000224. The first-order valence-corrected chi connectivity index (χ1v) is 8.89. The van der Waals surface area contributed by atoms with Crippen LogP contribution in [0.15, 0.2) is 29.1 Å². The zero-order valence-electron chi connectivity index (χ0n) is 15.5. The lowest BCUT2D eigenvalue weighted by Gasteiger charge is -2.14. The third kappa shape index (κ3) is 4.88. The first-order chi connectivity index (χ1) is 12.5. The summed E-state index contributed by atoms with van der Waals surface area (Å²) in [4.78, 5) is 39.6. The summed E-state index contributed by atoms with van der Waals surface area (Å²) in [6, 6.07) is 7.03. The zero-order chi connectivity index (χ0) is 19.1. The monoisotopic (exact) mass is 355 g/mol. The van der Waals surface area contributed by atoms with Crippen molar-refractivity contribution in [2.45, 2.75) is 53.0 Å². The molecular weight excluding hydrogens is 330 g/mol. The van der Waals surface area contributed by atoms with Gasteiger partial charge in [-0.05, 0) is 25.0 Å². The Morgan fingerprint density at radius 3 is 2.69 bits per heavy atom. The summed E-state index contributed by atoms with van der Waals surface area (Å²) in [5.74, 6) is 0.414. The molecule has 2 aromatic rings. The molecule has 0 aliphatic heterocycles. The lowest BCUT2D eigenvalue weighted by molar-refractivity contribution is -0.114. The van der Waals surface area contributed by atoms with Gasteiger partial charge in [-0.2, -0.15) is 0 Å². The average Bonchev–Trinajstić information content (AvgIpc) is 2.57. The maximum atomic E-state index is 12.5. The number of aromatic nitrogens is 2. The fourth-order valence-electron chi connectivity index (χ4n) is 2.86. The van der Waals surface area contributed by atoms with Gasteiger partial charge >= 0.3 is 0 Å². The minimum atomic E-state index is -0.261. The van der Waals surface area contributed by atoms with Crippen LogP contribution in [-0.4, -0.2) is 21.7 Å². The molecule has 0 spiro atoms. The van der Waals surface area contributed by atoms with Crippen molar-refractivity contribution in [1.29, 1.82) is 0 Å². The maximum Gasteiger partial charge on any atom is 0.254 e. The predicted molar refractivity (Wildman–Crippen MR) is 102 cm³/mol. The largest absolute Gasteiger partial charge is 0.326 e. The smallest absolute Gasteiger partial charge is 0.254 e. The quantitative estimate of drug-likeness (QED) is 0.583. The SMILES string of the molecule is CCCCCc1nc(-c2ccc(C)cc2NC(C)=O)cc(=O)n1CC=O. The van der Waals surface area contributed by atoms with E-state index >= 15 is 0 Å². The van der Waals surface area contributed by atoms with Crippen LogP contribution in [0.3, 0.4) is 0 Å². The molecule has 1 aromatic heterocycles. The van der Waals surface area contributed by atoms with Crippen LogP contribution in [0.2, 0.25) is 0 Å². The van der Waals surface area contributed by atoms with Crippen LogP contribution in [0.4, 0.5) is 5.69 Å². The number of carbonyl (C=O) groups is 2. The molecule has 0 aliphatic rings. The van der Waals surface area contributed by atoms with Crippen molar-refractivity contribution >= 4 is 17.9 Å². The van der Waals surface area contributed by atoms with Gasteiger partial charge < -0.3 is 10.1 Å². The van der Waals surface area contributed by atoms with Gasteiger partial charge in [0, 0.05) is 25.0 Å². The van der Waals surface area contributed by atoms with Gasteiger partial charge in [-0.15, -0.1) is 0 Å². The van der Waals surface area contributed by atoms with Gasteiger partial charge in [0.2, 0.25) is 5.91 Å². The average molecular weight is 355 g/mol. The van der Waals surface area contributed by atoms with Gasteiger partial charge in [-0.3, -0.25) is 14.2 Å². The van der Waals surface area contributed by atoms with Crippen LogP contribution in [0.1, 0.15) is 44.5 Å². The molecular formula is C20H25N3O3. The Labute approximate surface area is 153 Å². The van der Waals surface area contributed by atoms with Crippen LogP contribution >= 0.6 is 0 Å². The molecule has 0 saturated carbocycles. The van der Waals surface area contributed by atoms with E-state index < -0.39 is 0 Å². The Morgan fingerprint density at radius 1 is 1.27 bits per heavy atom. The van der Waals surface area contributed by atoms with E-state index in [9.17, 15) is 14.4 Å². The third-order valence-corrected chi connectivity index (χ3v) is 4.11. The molecule has 0 bridgehead atoms. The molecule has 1 amide bonds. The zero-order valence-corrected chi connectivity index (χ0v) is 15.5. The van der Waals surface area contributed by atoms with Crippen LogP contribution in [0.25, 0.3) is 11.3 Å². The summed E-state index contributed by atoms with van der Waals surface area (Å²) in [6.07, 6.45) is 4.33. The van der Waals surface area contributed by atoms with Gasteiger partial charge in [-0.1, -0.05) is 31.9 Å². The molecule has 0 atom stereocenters. The molecule has 1 N–H and O–H groups in total. The molecule has 6 heteroatoms. The molecule has 1 heterocycles. The standard InChI is InChI=1S/C20H25N3O3/c1-4-5-6-7-19-22-18(13-20(26)23(19)10-11-24)16-9-8-14(2)12-17(16)21-15(3)25/h8-9,11-13H,4-7,10H2,1-3H3,(H,21,25). The van der Waals surface area contributed by atoms with E-state index in [0.29, 0.717) is 35.5 Å². The third-order valence-electron chi connectivity index (χ3n) is 4.11. The van der Waals surface area contributed by atoms with E-state index in [1.165, 1.54) is 17.6 Å². The number of carbonyl (C=O) groups excluding carboxylic acids is 2. The van der Waals surface area contributed by atoms with Gasteiger partial charge in [0.15, 0.2) is 0 Å². The predicted octanol–water partition coefficient (Wildman–Crippen LogP) is 3.11. The van der Waals surface area contributed by atoms with E-state index in [2.05, 4.69) is 17.2 Å². The summed E-state index contributed by atoms with van der Waals surface area (Å²) in [6.45, 7) is 5.48. The molecule has 0 aliphatic carbocycles. The summed E-state index contributed by atoms with van der Waals surface area (Å²) < 4.78 is 1.42. The van der Waals surface area contributed by atoms with E-state index in [4.69, 9.17) is 0 Å². The van der Waals surface area contributed by atoms with Crippen molar-refractivity contribution < 1.29 is 9.59 Å². The highest BCUT2D eigenvalue weighted by Gasteiger charge is 2.13. The lowest BCUT2D eigenvalue weighted by Crippen LogP contribution is -2.25. The molecule has 1 aromatic carbocycles. The number of hydrogen-bond acceptors (Lipinski definition) is 4. The summed E-state index contributed by atoms with van der Waals surface area (Å²) in [5, 5.41) is 2.80. The lowest BCUT2D eigenvalue weighted by atomic mass is 10.1. The molecule has 0 radical (unpaired) electrons. The summed E-state index contributed by atoms with van der Waals surface area (Å²) in [5.41, 5.74) is 2.56. The Bertz CT molecular complexity index is 856. The first-order valence-electron chi connectivity index (χ1n) is 8.89. The van der Waals surface area contributed by atoms with Gasteiger partial charge in [0.1, 0.15) is 12.1 Å². The van der Waals surface area contributed by atoms with Gasteiger partial charge in [0.25, 0.3) is 5.56 Å². The van der Waals surface area contributed by atoms with Crippen molar-refractivity contribution in [2.75, 3.05) is 5.32 Å². The number of unbranched alkanes of at least 4 members (excludes halogenated alkanes) is 2. The molecule has 0 unspecified atom stereocenters. The van der Waals surface area contributed by atoms with E-state index in [1.807, 2.05) is 25.1 Å². The number of nitrogens with zero attached hydrogens (tertiary/aromatic N) is 2. The Hall–Kier alpha value is -2.76. The molecule has 0 saturated heterocycles. The van der Waals surface area contributed by atoms with E-state index in [-0.39, 0.29) is 18.0 Å². The van der Waals surface area contributed by atoms with Crippen molar-refractivity contribution in [2.24, 2.45) is 0 Å². The van der Waals surface area contributed by atoms with Crippen molar-refractivity contribution in [3.8, 4) is 11.3 Å². The van der Waals surface area contributed by atoms with Crippen molar-refractivity contribution in [1.82, 2.24) is 9.55 Å². The molecule has 138 valence electrons. The Morgan fingerprint density at radius 2 is 2.04 bits per heavy atom. The Balaban J connectivity index is 2.54. The highest BCUT2D eigenvalue weighted by atomic mass is 16.1. The molecule has 0 fully saturated rings. The van der Waals surface area contributed by atoms with Gasteiger partial charge in [0.05, 0.1) is 17.9 Å². The number of aldehydes is 1. The number of anilines is 1. The topological polar surface area (TPSA) is 81.1 Å². The summed E-state index contributed by atoms with van der Waals surface area (Å²) in [7, 11) is 0. The number of amides is 1. The number of rotatable bonds is 8. The second-order valence-corrected chi connectivity index (χ2v) is 6.36. The highest BCUT2D eigenvalue weighted by Crippen LogP contribution is 2.27. The number of nitrogens with one attached hydrogen (secondary N) is 1. The number of benzene rings is 1. The summed E-state index contributed by atoms with van der Waals surface area (Å²) >= 11 is 0. The molecule has 26 heavy (non-hydrogen) atoms. The minimum Gasteiger partial charge on any atom is -0.326 e. The second kappa shape index (κ2) is 9.08. The normalized spacial score (nSPS) is 10.6. The number of hydrogen-bond donors (Lipinski definition) is 1. The fourth-order valence-corrected chi connectivity index (χ4v) is 2.86. The van der Waals surface area contributed by atoms with E-state index in [0.717, 1.165) is 24.8 Å². The van der Waals surface area contributed by atoms with Crippen LogP contribution in [0, 0.1) is 6.92 Å². The van der Waals surface area contributed by atoms with Crippen LogP contribution < -0.4 is 10.9 Å². The van der Waals surface area contributed by atoms with Crippen LogP contribution in [-0.2, 0) is 22.6 Å². The fraction of sp³-hybridized carbons (Fsp3) is 0.400. The van der Waals surface area contributed by atoms with E-state index in [1.54, 1.807) is 0 Å². The number of aryl methyl sites for hydroxylation is 2. The molecule has 6 nitrogen and oxygen atoms in total. The maximum absolute atomic E-state index is 12.5. The van der Waals surface area contributed by atoms with Crippen LogP contribution in [0.5, 0.6) is 0 Å². The molecule has 2 rings (SSSR count). The Kier molecular flexibility index (Phi) is 6.83.